The summed E-state index contributed by atoms with van der Waals surface area (Å²) >= 11 is 0. The van der Waals surface area contributed by atoms with Crippen LogP contribution in [0.1, 0.15) is 30.0 Å². The number of hydrogen-bond acceptors (Lipinski definition) is 4. The van der Waals surface area contributed by atoms with Crippen molar-refractivity contribution in [1.82, 2.24) is 5.16 Å². The summed E-state index contributed by atoms with van der Waals surface area (Å²) in [7, 11) is 0. The highest BCUT2D eigenvalue weighted by Gasteiger charge is 2.26. The third-order valence-corrected chi connectivity index (χ3v) is 4.57. The van der Waals surface area contributed by atoms with Gasteiger partial charge in [0.2, 0.25) is 0 Å². The minimum Gasteiger partial charge on any atom is -0.462 e. The normalized spacial score (nSPS) is 11.2. The Morgan fingerprint density at radius 3 is 2.19 bits per heavy atom. The molecule has 26 heavy (non-hydrogen) atoms. The molecule has 0 N–H and O–H groups in total. The van der Waals surface area contributed by atoms with Gasteiger partial charge in [-0.15, -0.1) is 0 Å². The summed E-state index contributed by atoms with van der Waals surface area (Å²) in [6, 6.07) is 18.4. The number of carbonyl (C=O) groups excluding carboxylic acids is 1. The van der Waals surface area contributed by atoms with E-state index in [9.17, 15) is 4.79 Å². The fourth-order valence-electron chi connectivity index (χ4n) is 3.42. The Morgan fingerprint density at radius 1 is 1.00 bits per heavy atom. The predicted molar refractivity (Wildman–Crippen MR) is 102 cm³/mol. The second kappa shape index (κ2) is 6.64. The minimum absolute atomic E-state index is 0.308. The maximum Gasteiger partial charge on any atom is 0.344 e. The molecule has 4 aromatic rings. The van der Waals surface area contributed by atoms with Crippen molar-refractivity contribution in [3.63, 3.8) is 0 Å². The molecule has 0 unspecified atom stereocenters. The molecule has 0 aliphatic carbocycles. The van der Waals surface area contributed by atoms with Gasteiger partial charge in [0.05, 0.1) is 6.61 Å². The predicted octanol–water partition coefficient (Wildman–Crippen LogP) is 5.39. The number of hydrogen-bond donors (Lipinski definition) is 0. The summed E-state index contributed by atoms with van der Waals surface area (Å²) in [6.07, 6.45) is 0.573. The standard InChI is InChI=1S/C22H19NO3/c1-3-18-20(22(24)25-4-2)21(23-26-18)19-16-11-7-5-9-14(16)13-15-10-6-8-12-17(15)19/h5-13H,3-4H2,1-2H3. The summed E-state index contributed by atoms with van der Waals surface area (Å²) in [4.78, 5) is 12.6. The molecule has 0 bridgehead atoms. The Balaban J connectivity index is 2.11. The van der Waals surface area contributed by atoms with Crippen LogP contribution < -0.4 is 0 Å². The van der Waals surface area contributed by atoms with Gasteiger partial charge in [-0.1, -0.05) is 60.6 Å². The van der Waals surface area contributed by atoms with Gasteiger partial charge in [-0.2, -0.15) is 0 Å². The van der Waals surface area contributed by atoms with E-state index in [4.69, 9.17) is 9.26 Å². The highest BCUT2D eigenvalue weighted by atomic mass is 16.5. The number of fused-ring (bicyclic) bond motifs is 2. The largest absolute Gasteiger partial charge is 0.462 e. The van der Waals surface area contributed by atoms with E-state index in [0.717, 1.165) is 27.1 Å². The van der Waals surface area contributed by atoms with Crippen LogP contribution in [-0.2, 0) is 11.2 Å². The van der Waals surface area contributed by atoms with Crippen LogP contribution in [0.15, 0.2) is 59.1 Å². The maximum absolute atomic E-state index is 12.6. The van der Waals surface area contributed by atoms with Gasteiger partial charge in [-0.3, -0.25) is 0 Å². The van der Waals surface area contributed by atoms with Gasteiger partial charge in [-0.05, 0) is 34.5 Å². The van der Waals surface area contributed by atoms with Gasteiger partial charge in [0.25, 0.3) is 0 Å². The van der Waals surface area contributed by atoms with Crippen molar-refractivity contribution in [3.8, 4) is 11.3 Å². The van der Waals surface area contributed by atoms with Crippen molar-refractivity contribution in [2.45, 2.75) is 20.3 Å². The molecule has 0 fully saturated rings. The highest BCUT2D eigenvalue weighted by molar-refractivity contribution is 6.14. The summed E-state index contributed by atoms with van der Waals surface area (Å²) in [5.74, 6) is 0.160. The van der Waals surface area contributed by atoms with E-state index in [0.29, 0.717) is 30.0 Å². The van der Waals surface area contributed by atoms with E-state index in [2.05, 4.69) is 23.4 Å². The molecule has 0 saturated carbocycles. The molecule has 1 aromatic heterocycles. The first-order valence-corrected chi connectivity index (χ1v) is 8.81. The lowest BCUT2D eigenvalue weighted by Crippen LogP contribution is -2.07. The molecule has 130 valence electrons. The number of carbonyl (C=O) groups is 1. The number of aromatic nitrogens is 1. The van der Waals surface area contributed by atoms with E-state index >= 15 is 0 Å². The molecule has 0 atom stereocenters. The number of nitrogens with zero attached hydrogens (tertiary/aromatic N) is 1. The van der Waals surface area contributed by atoms with Gasteiger partial charge in [-0.25, -0.2) is 4.79 Å². The molecule has 0 amide bonds. The molecular weight excluding hydrogens is 326 g/mol. The van der Waals surface area contributed by atoms with E-state index < -0.39 is 5.97 Å². The van der Waals surface area contributed by atoms with Crippen LogP contribution in [0.25, 0.3) is 32.8 Å². The molecule has 3 aromatic carbocycles. The smallest absolute Gasteiger partial charge is 0.344 e. The lowest BCUT2D eigenvalue weighted by Gasteiger charge is -2.11. The first kappa shape index (κ1) is 16.3. The Bertz CT molecular complexity index is 1060. The molecule has 4 nitrogen and oxygen atoms in total. The topological polar surface area (TPSA) is 52.3 Å². The van der Waals surface area contributed by atoms with E-state index in [-0.39, 0.29) is 0 Å². The molecule has 0 aliphatic rings. The molecule has 0 aliphatic heterocycles. The van der Waals surface area contributed by atoms with Crippen molar-refractivity contribution in [3.05, 3.63) is 65.9 Å². The van der Waals surface area contributed by atoms with Gasteiger partial charge >= 0.3 is 5.97 Å². The van der Waals surface area contributed by atoms with Crippen LogP contribution in [0.4, 0.5) is 0 Å². The minimum atomic E-state index is -0.391. The fraction of sp³-hybridized carbons (Fsp3) is 0.182. The highest BCUT2D eigenvalue weighted by Crippen LogP contribution is 2.38. The Labute approximate surface area is 151 Å². The van der Waals surface area contributed by atoms with E-state index in [1.165, 1.54) is 0 Å². The fourth-order valence-corrected chi connectivity index (χ4v) is 3.42. The van der Waals surface area contributed by atoms with E-state index in [1.54, 1.807) is 6.92 Å². The molecule has 1 heterocycles. The quantitative estimate of drug-likeness (QED) is 0.368. The second-order valence-electron chi connectivity index (χ2n) is 6.10. The van der Waals surface area contributed by atoms with Gasteiger partial charge < -0.3 is 9.26 Å². The maximum atomic E-state index is 12.6. The molecule has 4 rings (SSSR count). The number of esters is 1. The van der Waals surface area contributed by atoms with Crippen LogP contribution in [0.5, 0.6) is 0 Å². The van der Waals surface area contributed by atoms with Crippen LogP contribution in [0.2, 0.25) is 0 Å². The SMILES string of the molecule is CCOC(=O)c1c(-c2c3ccccc3cc3ccccc23)noc1CC. The summed E-state index contributed by atoms with van der Waals surface area (Å²) in [5, 5.41) is 8.54. The Morgan fingerprint density at radius 2 is 1.62 bits per heavy atom. The molecule has 0 radical (unpaired) electrons. The first-order valence-electron chi connectivity index (χ1n) is 8.81. The lowest BCUT2D eigenvalue weighted by molar-refractivity contribution is 0.0524. The molecule has 0 saturated heterocycles. The van der Waals surface area contributed by atoms with Crippen LogP contribution in [-0.4, -0.2) is 17.7 Å². The zero-order valence-corrected chi connectivity index (χ0v) is 14.8. The lowest BCUT2D eigenvalue weighted by atomic mass is 9.93. The molecular formula is C22H19NO3. The zero-order valence-electron chi connectivity index (χ0n) is 14.8. The second-order valence-corrected chi connectivity index (χ2v) is 6.10. The third-order valence-electron chi connectivity index (χ3n) is 4.57. The Hall–Kier alpha value is -3.14. The number of ether oxygens (including phenoxy) is 1. The molecule has 0 spiro atoms. The van der Waals surface area contributed by atoms with Gasteiger partial charge in [0.1, 0.15) is 11.3 Å². The van der Waals surface area contributed by atoms with Crippen LogP contribution in [0.3, 0.4) is 0 Å². The van der Waals surface area contributed by atoms with Crippen molar-refractivity contribution in [1.29, 1.82) is 0 Å². The zero-order chi connectivity index (χ0) is 18.1. The first-order chi connectivity index (χ1) is 12.7. The summed E-state index contributed by atoms with van der Waals surface area (Å²) in [5.41, 5.74) is 1.88. The average Bonchev–Trinajstić information content (AvgIpc) is 3.10. The number of benzene rings is 3. The van der Waals surface area contributed by atoms with Crippen molar-refractivity contribution in [2.75, 3.05) is 6.61 Å². The average molecular weight is 345 g/mol. The molecule has 4 heteroatoms. The summed E-state index contributed by atoms with van der Waals surface area (Å²) in [6.45, 7) is 4.04. The third kappa shape index (κ3) is 2.54. The number of rotatable bonds is 4. The van der Waals surface area contributed by atoms with E-state index in [1.807, 2.05) is 43.3 Å². The van der Waals surface area contributed by atoms with Crippen LogP contribution in [0, 0.1) is 0 Å². The van der Waals surface area contributed by atoms with Gasteiger partial charge in [0, 0.05) is 12.0 Å². The Kier molecular flexibility index (Phi) is 4.17. The van der Waals surface area contributed by atoms with Crippen molar-refractivity contribution >= 4 is 27.5 Å². The van der Waals surface area contributed by atoms with Crippen molar-refractivity contribution < 1.29 is 14.1 Å². The summed E-state index contributed by atoms with van der Waals surface area (Å²) < 4.78 is 10.8. The van der Waals surface area contributed by atoms with Crippen LogP contribution >= 0.6 is 0 Å². The monoisotopic (exact) mass is 345 g/mol. The number of aryl methyl sites for hydroxylation is 1. The van der Waals surface area contributed by atoms with Gasteiger partial charge in [0.15, 0.2) is 5.76 Å². The van der Waals surface area contributed by atoms with Crippen molar-refractivity contribution in [2.24, 2.45) is 0 Å².